The van der Waals surface area contributed by atoms with Gasteiger partial charge in [0.05, 0.1) is 0 Å². The Morgan fingerprint density at radius 2 is 2.08 bits per heavy atom. The molecule has 26 heavy (non-hydrogen) atoms. The Balaban J connectivity index is 1.50. The average molecular weight is 359 g/mol. The molecule has 1 aliphatic heterocycles. The van der Waals surface area contributed by atoms with Crippen LogP contribution in [0.15, 0.2) is 22.7 Å². The fraction of sp³-hybridized carbons (Fsp3) is 0.526. The highest BCUT2D eigenvalue weighted by atomic mass is 16.7. The molecule has 1 aromatic carbocycles. The van der Waals surface area contributed by atoms with E-state index in [4.69, 9.17) is 14.0 Å². The first-order chi connectivity index (χ1) is 12.6. The summed E-state index contributed by atoms with van der Waals surface area (Å²) in [5.41, 5.74) is 1.03. The first-order valence-electron chi connectivity index (χ1n) is 9.05. The molecule has 1 aliphatic rings. The summed E-state index contributed by atoms with van der Waals surface area (Å²) in [4.78, 5) is 18.7. The predicted octanol–water partition coefficient (Wildman–Crippen LogP) is 3.29. The van der Waals surface area contributed by atoms with Gasteiger partial charge in [0.2, 0.25) is 18.6 Å². The molecule has 0 fully saturated rings. The number of ether oxygens (including phenoxy) is 2. The zero-order chi connectivity index (χ0) is 18.5. The molecule has 0 saturated heterocycles. The molecule has 2 heterocycles. The van der Waals surface area contributed by atoms with Gasteiger partial charge in [-0.3, -0.25) is 4.79 Å². The molecule has 140 valence electrons. The first kappa shape index (κ1) is 18.2. The number of nitrogens with zero attached hydrogens (tertiary/aromatic N) is 3. The molecule has 2 aromatic rings. The lowest BCUT2D eigenvalue weighted by atomic mass is 10.1. The van der Waals surface area contributed by atoms with Crippen molar-refractivity contribution in [1.29, 1.82) is 0 Å². The van der Waals surface area contributed by atoms with Crippen LogP contribution in [0.25, 0.3) is 0 Å². The van der Waals surface area contributed by atoms with E-state index in [0.717, 1.165) is 17.1 Å². The van der Waals surface area contributed by atoms with Crippen LogP contribution in [0.1, 0.15) is 56.8 Å². The normalized spacial score (nSPS) is 12.6. The summed E-state index contributed by atoms with van der Waals surface area (Å²) in [6.45, 7) is 7.50. The van der Waals surface area contributed by atoms with Crippen molar-refractivity contribution >= 4 is 5.91 Å². The molecule has 1 aromatic heterocycles. The minimum Gasteiger partial charge on any atom is -0.454 e. The summed E-state index contributed by atoms with van der Waals surface area (Å²) >= 11 is 0. The van der Waals surface area contributed by atoms with Crippen molar-refractivity contribution in [3.63, 3.8) is 0 Å². The maximum atomic E-state index is 12.5. The van der Waals surface area contributed by atoms with Crippen LogP contribution in [0.3, 0.4) is 0 Å². The number of aryl methyl sites for hydroxylation is 1. The largest absolute Gasteiger partial charge is 0.454 e. The van der Waals surface area contributed by atoms with Gasteiger partial charge in [0, 0.05) is 31.8 Å². The van der Waals surface area contributed by atoms with E-state index in [1.165, 1.54) is 0 Å². The van der Waals surface area contributed by atoms with Gasteiger partial charge in [0.15, 0.2) is 17.3 Å². The van der Waals surface area contributed by atoms with E-state index >= 15 is 0 Å². The third kappa shape index (κ3) is 4.33. The Hall–Kier alpha value is -2.57. The SMILES string of the molecule is CCN(Cc1ccc2c(c1)OCO2)C(=O)CCCc1nc(C(C)C)no1. The molecule has 0 saturated carbocycles. The van der Waals surface area contributed by atoms with E-state index in [1.54, 1.807) is 0 Å². The van der Waals surface area contributed by atoms with E-state index in [0.29, 0.717) is 44.1 Å². The second-order valence-corrected chi connectivity index (χ2v) is 6.65. The molecule has 7 heteroatoms. The lowest BCUT2D eigenvalue weighted by Crippen LogP contribution is -2.30. The van der Waals surface area contributed by atoms with Gasteiger partial charge in [0.1, 0.15) is 0 Å². The highest BCUT2D eigenvalue weighted by Crippen LogP contribution is 2.32. The van der Waals surface area contributed by atoms with Gasteiger partial charge < -0.3 is 18.9 Å². The van der Waals surface area contributed by atoms with Crippen molar-refractivity contribution < 1.29 is 18.8 Å². The van der Waals surface area contributed by atoms with Crippen LogP contribution >= 0.6 is 0 Å². The number of carbonyl (C=O) groups is 1. The van der Waals surface area contributed by atoms with Crippen molar-refractivity contribution in [2.45, 2.75) is 52.5 Å². The highest BCUT2D eigenvalue weighted by molar-refractivity contribution is 5.76. The zero-order valence-corrected chi connectivity index (χ0v) is 15.5. The minimum atomic E-state index is 0.119. The van der Waals surface area contributed by atoms with Crippen molar-refractivity contribution in [1.82, 2.24) is 15.0 Å². The molecule has 3 rings (SSSR count). The van der Waals surface area contributed by atoms with Crippen LogP contribution < -0.4 is 9.47 Å². The maximum absolute atomic E-state index is 12.5. The summed E-state index contributed by atoms with van der Waals surface area (Å²) in [6.07, 6.45) is 1.76. The average Bonchev–Trinajstić information content (AvgIpc) is 3.28. The van der Waals surface area contributed by atoms with Gasteiger partial charge in [-0.25, -0.2) is 0 Å². The molecule has 0 bridgehead atoms. The van der Waals surface area contributed by atoms with Crippen molar-refractivity contribution in [3.8, 4) is 11.5 Å². The number of amides is 1. The van der Waals surface area contributed by atoms with Crippen LogP contribution in [0.4, 0.5) is 0 Å². The molecule has 0 aliphatic carbocycles. The number of benzene rings is 1. The summed E-state index contributed by atoms with van der Waals surface area (Å²) in [7, 11) is 0. The summed E-state index contributed by atoms with van der Waals surface area (Å²) in [5.74, 6) is 3.16. The molecule has 0 N–H and O–H groups in total. The molecule has 0 atom stereocenters. The lowest BCUT2D eigenvalue weighted by Gasteiger charge is -2.21. The predicted molar refractivity (Wildman–Crippen MR) is 95.0 cm³/mol. The Morgan fingerprint density at radius 1 is 1.27 bits per heavy atom. The van der Waals surface area contributed by atoms with Gasteiger partial charge >= 0.3 is 0 Å². The topological polar surface area (TPSA) is 77.7 Å². The van der Waals surface area contributed by atoms with Gasteiger partial charge in [-0.15, -0.1) is 0 Å². The monoisotopic (exact) mass is 359 g/mol. The standard InChI is InChI=1S/C19H25N3O4/c1-4-22(11-14-8-9-15-16(10-14)25-12-24-15)18(23)7-5-6-17-20-19(13(2)3)21-26-17/h8-10,13H,4-7,11-12H2,1-3H3. The quantitative estimate of drug-likeness (QED) is 0.720. The van der Waals surface area contributed by atoms with E-state index in [9.17, 15) is 4.79 Å². The van der Waals surface area contributed by atoms with Gasteiger partial charge in [0.25, 0.3) is 0 Å². The number of fused-ring (bicyclic) bond motifs is 1. The number of rotatable bonds is 8. The number of hydrogen-bond donors (Lipinski definition) is 0. The smallest absolute Gasteiger partial charge is 0.231 e. The number of carbonyl (C=O) groups excluding carboxylic acids is 1. The second-order valence-electron chi connectivity index (χ2n) is 6.65. The van der Waals surface area contributed by atoms with Gasteiger partial charge in [-0.05, 0) is 31.0 Å². The zero-order valence-electron chi connectivity index (χ0n) is 15.5. The molecule has 0 radical (unpaired) electrons. The van der Waals surface area contributed by atoms with Crippen LogP contribution in [-0.4, -0.2) is 34.3 Å². The van der Waals surface area contributed by atoms with Gasteiger partial charge in [-0.2, -0.15) is 4.98 Å². The van der Waals surface area contributed by atoms with Crippen LogP contribution in [0, 0.1) is 0 Å². The van der Waals surface area contributed by atoms with E-state index in [2.05, 4.69) is 10.1 Å². The summed E-state index contributed by atoms with van der Waals surface area (Å²) in [6, 6.07) is 5.79. The fourth-order valence-electron chi connectivity index (χ4n) is 2.79. The summed E-state index contributed by atoms with van der Waals surface area (Å²) < 4.78 is 15.9. The Morgan fingerprint density at radius 3 is 2.81 bits per heavy atom. The van der Waals surface area contributed by atoms with Crippen LogP contribution in [0.5, 0.6) is 11.5 Å². The van der Waals surface area contributed by atoms with Crippen molar-refractivity contribution in [3.05, 3.63) is 35.5 Å². The van der Waals surface area contributed by atoms with E-state index in [-0.39, 0.29) is 18.6 Å². The Labute approximate surface area is 153 Å². The molecule has 7 nitrogen and oxygen atoms in total. The molecule has 0 spiro atoms. The van der Waals surface area contributed by atoms with Crippen LogP contribution in [0.2, 0.25) is 0 Å². The first-order valence-corrected chi connectivity index (χ1v) is 9.05. The lowest BCUT2D eigenvalue weighted by molar-refractivity contribution is -0.131. The molecular weight excluding hydrogens is 334 g/mol. The van der Waals surface area contributed by atoms with Crippen molar-refractivity contribution in [2.24, 2.45) is 0 Å². The fourth-order valence-corrected chi connectivity index (χ4v) is 2.79. The minimum absolute atomic E-state index is 0.119. The van der Waals surface area contributed by atoms with Crippen molar-refractivity contribution in [2.75, 3.05) is 13.3 Å². The van der Waals surface area contributed by atoms with E-state index in [1.807, 2.05) is 43.9 Å². The van der Waals surface area contributed by atoms with Crippen LogP contribution in [-0.2, 0) is 17.8 Å². The number of hydrogen-bond acceptors (Lipinski definition) is 6. The third-order valence-electron chi connectivity index (χ3n) is 4.33. The van der Waals surface area contributed by atoms with Gasteiger partial charge in [-0.1, -0.05) is 25.1 Å². The molecule has 1 amide bonds. The number of aromatic nitrogens is 2. The molecule has 0 unspecified atom stereocenters. The summed E-state index contributed by atoms with van der Waals surface area (Å²) in [5, 5.41) is 3.95. The highest BCUT2D eigenvalue weighted by Gasteiger charge is 2.17. The van der Waals surface area contributed by atoms with E-state index < -0.39 is 0 Å². The third-order valence-corrected chi connectivity index (χ3v) is 4.33. The molecular formula is C19H25N3O4. The Kier molecular flexibility index (Phi) is 5.75. The maximum Gasteiger partial charge on any atom is 0.231 e. The second kappa shape index (κ2) is 8.21. The Bertz CT molecular complexity index is 757.